The van der Waals surface area contributed by atoms with Crippen LogP contribution in [-0.4, -0.2) is 31.1 Å². The highest BCUT2D eigenvalue weighted by Gasteiger charge is 2.23. The third kappa shape index (κ3) is 3.77. The predicted octanol–water partition coefficient (Wildman–Crippen LogP) is 4.40. The fourth-order valence-corrected chi connectivity index (χ4v) is 4.88. The monoisotopic (exact) mass is 443 g/mol. The van der Waals surface area contributed by atoms with Gasteiger partial charge in [0, 0.05) is 30.8 Å². The molecular weight excluding hydrogens is 414 g/mol. The maximum atomic E-state index is 13.0. The van der Waals surface area contributed by atoms with E-state index in [9.17, 15) is 9.59 Å². The lowest BCUT2D eigenvalue weighted by atomic mass is 10.0. The van der Waals surface area contributed by atoms with Crippen LogP contribution >= 0.6 is 0 Å². The van der Waals surface area contributed by atoms with Gasteiger partial charge < -0.3 is 10.3 Å². The van der Waals surface area contributed by atoms with Crippen LogP contribution in [0.1, 0.15) is 48.8 Å². The van der Waals surface area contributed by atoms with Crippen LogP contribution in [0.2, 0.25) is 0 Å². The highest BCUT2D eigenvalue weighted by atomic mass is 16.2. The van der Waals surface area contributed by atoms with E-state index in [0.29, 0.717) is 12.4 Å². The molecule has 1 amide bonds. The molecule has 7 nitrogen and oxygen atoms in total. The molecular formula is C26H29N5O2. The molecule has 0 atom stereocenters. The van der Waals surface area contributed by atoms with Crippen molar-refractivity contribution in [2.24, 2.45) is 7.05 Å². The first-order chi connectivity index (χ1) is 16.0. The SMILES string of the molecule is CCn1c(=O)n(C)c2cc(-c3[nH]c(C(=O)NC4CCCC4)nc3-c3cccc(C)c3)ccc21. The van der Waals surface area contributed by atoms with Crippen LogP contribution in [0.4, 0.5) is 0 Å². The molecule has 1 aliphatic carbocycles. The molecule has 1 saturated carbocycles. The van der Waals surface area contributed by atoms with Crippen molar-refractivity contribution in [3.05, 3.63) is 64.3 Å². The molecule has 33 heavy (non-hydrogen) atoms. The Hall–Kier alpha value is -3.61. The van der Waals surface area contributed by atoms with Crippen molar-refractivity contribution < 1.29 is 4.79 Å². The Bertz CT molecular complexity index is 1400. The van der Waals surface area contributed by atoms with E-state index in [1.807, 2.05) is 50.2 Å². The number of amides is 1. The summed E-state index contributed by atoms with van der Waals surface area (Å²) in [6.45, 7) is 4.62. The van der Waals surface area contributed by atoms with Crippen LogP contribution in [-0.2, 0) is 13.6 Å². The van der Waals surface area contributed by atoms with Gasteiger partial charge in [0.25, 0.3) is 5.91 Å². The molecule has 1 fully saturated rings. The van der Waals surface area contributed by atoms with Gasteiger partial charge >= 0.3 is 5.69 Å². The van der Waals surface area contributed by atoms with E-state index < -0.39 is 0 Å². The molecule has 170 valence electrons. The number of hydrogen-bond acceptors (Lipinski definition) is 3. The Labute approximate surface area is 192 Å². The Balaban J connectivity index is 1.63. The molecule has 0 saturated heterocycles. The van der Waals surface area contributed by atoms with Crippen LogP contribution in [0.3, 0.4) is 0 Å². The van der Waals surface area contributed by atoms with Gasteiger partial charge in [-0.2, -0.15) is 0 Å². The number of benzene rings is 2. The van der Waals surface area contributed by atoms with Crippen molar-refractivity contribution in [1.82, 2.24) is 24.4 Å². The molecule has 2 heterocycles. The molecule has 0 spiro atoms. The number of nitrogens with one attached hydrogen (secondary N) is 2. The van der Waals surface area contributed by atoms with Crippen molar-refractivity contribution in [1.29, 1.82) is 0 Å². The van der Waals surface area contributed by atoms with Crippen molar-refractivity contribution in [2.75, 3.05) is 0 Å². The van der Waals surface area contributed by atoms with E-state index in [2.05, 4.69) is 16.4 Å². The summed E-state index contributed by atoms with van der Waals surface area (Å²) in [5.41, 5.74) is 6.16. The zero-order valence-corrected chi connectivity index (χ0v) is 19.3. The van der Waals surface area contributed by atoms with Gasteiger partial charge in [-0.05, 0) is 44.9 Å². The predicted molar refractivity (Wildman–Crippen MR) is 130 cm³/mol. The van der Waals surface area contributed by atoms with Crippen LogP contribution in [0, 0.1) is 6.92 Å². The molecule has 0 bridgehead atoms. The molecule has 4 aromatic rings. The third-order valence-electron chi connectivity index (χ3n) is 6.65. The Kier molecular flexibility index (Phi) is 5.40. The number of hydrogen-bond donors (Lipinski definition) is 2. The van der Waals surface area contributed by atoms with Crippen molar-refractivity contribution in [3.63, 3.8) is 0 Å². The molecule has 0 unspecified atom stereocenters. The van der Waals surface area contributed by atoms with Gasteiger partial charge in [0.15, 0.2) is 5.82 Å². The average Bonchev–Trinajstić information content (AvgIpc) is 3.53. The normalized spacial score (nSPS) is 14.3. The highest BCUT2D eigenvalue weighted by molar-refractivity contribution is 5.94. The number of carbonyl (C=O) groups excluding carboxylic acids is 1. The molecule has 2 aromatic carbocycles. The number of aromatic nitrogens is 4. The number of H-pyrrole nitrogens is 1. The number of nitrogens with zero attached hydrogens (tertiary/aromatic N) is 3. The quantitative estimate of drug-likeness (QED) is 0.480. The molecule has 5 rings (SSSR count). The van der Waals surface area contributed by atoms with Crippen molar-refractivity contribution in [2.45, 2.75) is 52.1 Å². The zero-order chi connectivity index (χ0) is 23.1. The number of rotatable bonds is 5. The van der Waals surface area contributed by atoms with Crippen LogP contribution in [0.25, 0.3) is 33.5 Å². The minimum atomic E-state index is -0.173. The van der Waals surface area contributed by atoms with Crippen molar-refractivity contribution >= 4 is 16.9 Å². The smallest absolute Gasteiger partial charge is 0.328 e. The summed E-state index contributed by atoms with van der Waals surface area (Å²) in [6.07, 6.45) is 4.34. The summed E-state index contributed by atoms with van der Waals surface area (Å²) in [5, 5.41) is 3.13. The van der Waals surface area contributed by atoms with Gasteiger partial charge in [-0.1, -0.05) is 42.7 Å². The van der Waals surface area contributed by atoms with E-state index >= 15 is 0 Å². The number of carbonyl (C=O) groups is 1. The lowest BCUT2D eigenvalue weighted by Gasteiger charge is -2.09. The topological polar surface area (TPSA) is 84.7 Å². The summed E-state index contributed by atoms with van der Waals surface area (Å²) in [7, 11) is 1.79. The lowest BCUT2D eigenvalue weighted by Crippen LogP contribution is -2.33. The summed E-state index contributed by atoms with van der Waals surface area (Å²) >= 11 is 0. The van der Waals surface area contributed by atoms with E-state index in [1.165, 1.54) is 0 Å². The van der Waals surface area contributed by atoms with Gasteiger partial charge in [0.2, 0.25) is 0 Å². The second-order valence-electron chi connectivity index (χ2n) is 8.92. The van der Waals surface area contributed by atoms with Gasteiger partial charge in [-0.25, -0.2) is 9.78 Å². The summed E-state index contributed by atoms with van der Waals surface area (Å²) in [6, 6.07) is 14.3. The summed E-state index contributed by atoms with van der Waals surface area (Å²) in [5.74, 6) is 0.140. The highest BCUT2D eigenvalue weighted by Crippen LogP contribution is 2.32. The minimum absolute atomic E-state index is 0.0372. The second kappa shape index (κ2) is 8.39. The molecule has 0 radical (unpaired) electrons. The van der Waals surface area contributed by atoms with E-state index in [1.54, 1.807) is 16.2 Å². The Morgan fingerprint density at radius 1 is 1.12 bits per heavy atom. The first-order valence-electron chi connectivity index (χ1n) is 11.6. The second-order valence-corrected chi connectivity index (χ2v) is 8.92. The van der Waals surface area contributed by atoms with Crippen LogP contribution < -0.4 is 11.0 Å². The number of aryl methyl sites for hydroxylation is 3. The van der Waals surface area contributed by atoms with E-state index in [4.69, 9.17) is 4.98 Å². The summed E-state index contributed by atoms with van der Waals surface area (Å²) < 4.78 is 3.42. The summed E-state index contributed by atoms with van der Waals surface area (Å²) in [4.78, 5) is 33.6. The Morgan fingerprint density at radius 3 is 2.64 bits per heavy atom. The number of fused-ring (bicyclic) bond motifs is 1. The Morgan fingerprint density at radius 2 is 1.91 bits per heavy atom. The molecule has 0 aliphatic heterocycles. The number of imidazole rings is 2. The van der Waals surface area contributed by atoms with Gasteiger partial charge in [-0.15, -0.1) is 0 Å². The number of aromatic amines is 1. The van der Waals surface area contributed by atoms with E-state index in [-0.39, 0.29) is 17.6 Å². The van der Waals surface area contributed by atoms with E-state index in [0.717, 1.165) is 64.8 Å². The molecule has 2 aromatic heterocycles. The maximum Gasteiger partial charge on any atom is 0.328 e. The fourth-order valence-electron chi connectivity index (χ4n) is 4.88. The lowest BCUT2D eigenvalue weighted by molar-refractivity contribution is 0.0928. The third-order valence-corrected chi connectivity index (χ3v) is 6.65. The van der Waals surface area contributed by atoms with Gasteiger partial charge in [-0.3, -0.25) is 13.9 Å². The molecule has 2 N–H and O–H groups in total. The first kappa shape index (κ1) is 21.2. The average molecular weight is 444 g/mol. The standard InChI is InChI=1S/C26H29N5O2/c1-4-31-20-13-12-18(15-21(20)30(3)26(31)33)23-22(17-9-7-8-16(2)14-17)28-24(29-23)25(32)27-19-10-5-6-11-19/h7-9,12-15,19H,4-6,10-11H2,1-3H3,(H,27,32)(H,28,29). The zero-order valence-electron chi connectivity index (χ0n) is 19.3. The van der Waals surface area contributed by atoms with Crippen LogP contribution in [0.15, 0.2) is 47.3 Å². The molecule has 1 aliphatic rings. The molecule has 7 heteroatoms. The largest absolute Gasteiger partial charge is 0.347 e. The van der Waals surface area contributed by atoms with Gasteiger partial charge in [0.1, 0.15) is 0 Å². The van der Waals surface area contributed by atoms with Crippen molar-refractivity contribution in [3.8, 4) is 22.5 Å². The van der Waals surface area contributed by atoms with Crippen LogP contribution in [0.5, 0.6) is 0 Å². The minimum Gasteiger partial charge on any atom is -0.347 e. The van der Waals surface area contributed by atoms with Gasteiger partial charge in [0.05, 0.1) is 22.4 Å². The first-order valence-corrected chi connectivity index (χ1v) is 11.6. The fraction of sp³-hybridized carbons (Fsp3) is 0.346. The maximum absolute atomic E-state index is 13.0.